The summed E-state index contributed by atoms with van der Waals surface area (Å²) < 4.78 is 7.32. The molecule has 0 radical (unpaired) electrons. The van der Waals surface area contributed by atoms with Crippen molar-refractivity contribution in [2.24, 2.45) is 7.05 Å². The summed E-state index contributed by atoms with van der Waals surface area (Å²) >= 11 is 0. The number of hydrogen-bond acceptors (Lipinski definition) is 4. The van der Waals surface area contributed by atoms with Crippen molar-refractivity contribution < 1.29 is 4.74 Å². The quantitative estimate of drug-likeness (QED) is 0.571. The molecule has 0 aliphatic carbocycles. The van der Waals surface area contributed by atoms with Crippen LogP contribution in [0.1, 0.15) is 23.0 Å². The van der Waals surface area contributed by atoms with Crippen LogP contribution in [0.3, 0.4) is 0 Å². The van der Waals surface area contributed by atoms with Gasteiger partial charge in [0.15, 0.2) is 0 Å². The minimum atomic E-state index is -0.121. The molecular weight excluding hydrogens is 336 g/mol. The number of methoxy groups -OCH3 is 1. The van der Waals surface area contributed by atoms with Crippen LogP contribution in [0.25, 0.3) is 10.9 Å². The number of aryl methyl sites for hydroxylation is 2. The van der Waals surface area contributed by atoms with Gasteiger partial charge in [-0.05, 0) is 42.3 Å². The number of fused-ring (bicyclic) bond motifs is 1. The summed E-state index contributed by atoms with van der Waals surface area (Å²) in [6.45, 7) is 2.11. The summed E-state index contributed by atoms with van der Waals surface area (Å²) in [5, 5.41) is 4.74. The van der Waals surface area contributed by atoms with E-state index in [1.807, 2.05) is 54.3 Å². The van der Waals surface area contributed by atoms with Crippen LogP contribution in [0.15, 0.2) is 67.0 Å². The Kier molecular flexibility index (Phi) is 4.50. The van der Waals surface area contributed by atoms with Crippen molar-refractivity contribution in [2.45, 2.75) is 13.0 Å². The molecule has 0 saturated heterocycles. The minimum absolute atomic E-state index is 0.121. The van der Waals surface area contributed by atoms with Gasteiger partial charge in [-0.25, -0.2) is 9.97 Å². The van der Waals surface area contributed by atoms with E-state index in [1.54, 1.807) is 7.11 Å². The van der Waals surface area contributed by atoms with Gasteiger partial charge in [0.25, 0.3) is 0 Å². The molecule has 2 heterocycles. The number of aromatic nitrogens is 3. The van der Waals surface area contributed by atoms with E-state index in [4.69, 9.17) is 9.72 Å². The van der Waals surface area contributed by atoms with Gasteiger partial charge in [0.2, 0.25) is 0 Å². The third kappa shape index (κ3) is 3.36. The van der Waals surface area contributed by atoms with E-state index in [1.165, 1.54) is 10.9 Å². The van der Waals surface area contributed by atoms with Crippen molar-refractivity contribution in [3.63, 3.8) is 0 Å². The molecule has 1 unspecified atom stereocenters. The third-order valence-corrected chi connectivity index (χ3v) is 4.78. The average molecular weight is 358 g/mol. The first-order valence-corrected chi connectivity index (χ1v) is 8.90. The highest BCUT2D eigenvalue weighted by molar-refractivity contribution is 5.83. The Hall–Kier alpha value is -3.34. The Bertz CT molecular complexity index is 1070. The number of imidazole rings is 1. The summed E-state index contributed by atoms with van der Waals surface area (Å²) in [4.78, 5) is 9.36. The molecule has 2 aromatic heterocycles. The summed E-state index contributed by atoms with van der Waals surface area (Å²) in [6.07, 6.45) is 3.76. The van der Waals surface area contributed by atoms with Crippen LogP contribution in [0.5, 0.6) is 5.75 Å². The number of benzene rings is 2. The monoisotopic (exact) mass is 358 g/mol. The lowest BCUT2D eigenvalue weighted by atomic mass is 10.1. The molecule has 136 valence electrons. The molecular formula is C22H22N4O. The van der Waals surface area contributed by atoms with E-state index in [0.717, 1.165) is 28.5 Å². The van der Waals surface area contributed by atoms with Crippen LogP contribution in [-0.4, -0.2) is 21.6 Å². The van der Waals surface area contributed by atoms with Crippen molar-refractivity contribution in [2.75, 3.05) is 12.4 Å². The molecule has 0 bridgehead atoms. The lowest BCUT2D eigenvalue weighted by Crippen LogP contribution is -2.17. The van der Waals surface area contributed by atoms with Crippen molar-refractivity contribution >= 4 is 16.7 Å². The van der Waals surface area contributed by atoms with E-state index in [0.29, 0.717) is 0 Å². The third-order valence-electron chi connectivity index (χ3n) is 4.78. The number of nitrogens with one attached hydrogen (secondary N) is 1. The highest BCUT2D eigenvalue weighted by Gasteiger charge is 2.19. The molecule has 4 aromatic rings. The molecule has 0 aliphatic rings. The van der Waals surface area contributed by atoms with Gasteiger partial charge in [-0.1, -0.05) is 30.3 Å². The Morgan fingerprint density at radius 1 is 1.07 bits per heavy atom. The highest BCUT2D eigenvalue weighted by atomic mass is 16.5. The van der Waals surface area contributed by atoms with Crippen molar-refractivity contribution in [1.29, 1.82) is 0 Å². The Balaban J connectivity index is 1.76. The zero-order valence-electron chi connectivity index (χ0n) is 15.7. The van der Waals surface area contributed by atoms with E-state index >= 15 is 0 Å². The van der Waals surface area contributed by atoms with Crippen molar-refractivity contribution in [1.82, 2.24) is 14.5 Å². The zero-order chi connectivity index (χ0) is 18.8. The fourth-order valence-electron chi connectivity index (χ4n) is 3.32. The van der Waals surface area contributed by atoms with E-state index < -0.39 is 0 Å². The van der Waals surface area contributed by atoms with Gasteiger partial charge in [0, 0.05) is 24.8 Å². The van der Waals surface area contributed by atoms with Gasteiger partial charge in [-0.3, -0.25) is 0 Å². The van der Waals surface area contributed by atoms with Gasteiger partial charge in [-0.2, -0.15) is 0 Å². The van der Waals surface area contributed by atoms with Crippen LogP contribution in [-0.2, 0) is 7.05 Å². The molecule has 5 heteroatoms. The number of ether oxygens (including phenoxy) is 1. The molecule has 0 aliphatic heterocycles. The number of anilines is 1. The van der Waals surface area contributed by atoms with Gasteiger partial charge in [0.05, 0.1) is 12.6 Å². The summed E-state index contributed by atoms with van der Waals surface area (Å²) in [6, 6.07) is 18.2. The topological polar surface area (TPSA) is 52.0 Å². The number of rotatable bonds is 5. The molecule has 1 N–H and O–H groups in total. The second kappa shape index (κ2) is 7.11. The highest BCUT2D eigenvalue weighted by Crippen LogP contribution is 2.28. The largest absolute Gasteiger partial charge is 0.497 e. The van der Waals surface area contributed by atoms with Crippen LogP contribution < -0.4 is 10.1 Å². The first-order valence-electron chi connectivity index (χ1n) is 8.90. The smallest absolute Gasteiger partial charge is 0.135 e. The van der Waals surface area contributed by atoms with E-state index in [2.05, 4.69) is 41.5 Å². The summed E-state index contributed by atoms with van der Waals surface area (Å²) in [5.41, 5.74) is 3.27. The van der Waals surface area contributed by atoms with Gasteiger partial charge in [-0.15, -0.1) is 0 Å². The first kappa shape index (κ1) is 17.1. The maximum Gasteiger partial charge on any atom is 0.135 e. The maximum atomic E-state index is 5.29. The normalized spacial score (nSPS) is 12.1. The number of para-hydroxylation sites is 1. The molecule has 1 atom stereocenters. The van der Waals surface area contributed by atoms with Crippen molar-refractivity contribution in [3.05, 3.63) is 83.9 Å². The first-order chi connectivity index (χ1) is 13.2. The standard InChI is InChI=1S/C22H22N4O/c1-15-14-20(24-19-7-5-4-6-18(15)19)25-21(22-23-12-13-26(22)2)16-8-10-17(27-3)11-9-16/h4-14,21H,1-3H3,(H,24,25). The predicted molar refractivity (Wildman–Crippen MR) is 108 cm³/mol. The molecule has 2 aromatic carbocycles. The minimum Gasteiger partial charge on any atom is -0.497 e. The lowest BCUT2D eigenvalue weighted by molar-refractivity contribution is 0.414. The van der Waals surface area contributed by atoms with Crippen LogP contribution in [0.2, 0.25) is 0 Å². The Morgan fingerprint density at radius 2 is 1.85 bits per heavy atom. The molecule has 0 amide bonds. The number of hydrogen-bond donors (Lipinski definition) is 1. The number of pyridine rings is 1. The van der Waals surface area contributed by atoms with Crippen molar-refractivity contribution in [3.8, 4) is 5.75 Å². The summed E-state index contributed by atoms with van der Waals surface area (Å²) in [5.74, 6) is 2.58. The second-order valence-corrected chi connectivity index (χ2v) is 6.59. The predicted octanol–water partition coefficient (Wildman–Crippen LogP) is 4.49. The summed E-state index contributed by atoms with van der Waals surface area (Å²) in [7, 11) is 3.67. The maximum absolute atomic E-state index is 5.29. The fourth-order valence-corrected chi connectivity index (χ4v) is 3.32. The van der Waals surface area contributed by atoms with Crippen LogP contribution >= 0.6 is 0 Å². The lowest BCUT2D eigenvalue weighted by Gasteiger charge is -2.20. The molecule has 5 nitrogen and oxygen atoms in total. The average Bonchev–Trinajstić information content (AvgIpc) is 3.12. The van der Waals surface area contributed by atoms with Gasteiger partial charge in [0.1, 0.15) is 23.4 Å². The van der Waals surface area contributed by atoms with Crippen LogP contribution in [0.4, 0.5) is 5.82 Å². The van der Waals surface area contributed by atoms with Crippen LogP contribution in [0, 0.1) is 6.92 Å². The molecule has 0 saturated carbocycles. The molecule has 0 fully saturated rings. The molecule has 27 heavy (non-hydrogen) atoms. The van der Waals surface area contributed by atoms with Gasteiger partial charge < -0.3 is 14.6 Å². The Labute approximate surface area is 158 Å². The number of nitrogens with zero attached hydrogens (tertiary/aromatic N) is 3. The SMILES string of the molecule is COc1ccc(C(Nc2cc(C)c3ccccc3n2)c2nccn2C)cc1. The van der Waals surface area contributed by atoms with E-state index in [9.17, 15) is 0 Å². The van der Waals surface area contributed by atoms with Gasteiger partial charge >= 0.3 is 0 Å². The molecule has 4 rings (SSSR count). The molecule has 0 spiro atoms. The van der Waals surface area contributed by atoms with E-state index in [-0.39, 0.29) is 6.04 Å². The zero-order valence-corrected chi connectivity index (χ0v) is 15.7. The second-order valence-electron chi connectivity index (χ2n) is 6.59. The fraction of sp³-hybridized carbons (Fsp3) is 0.182. The Morgan fingerprint density at radius 3 is 2.56 bits per heavy atom.